The fourth-order valence-corrected chi connectivity index (χ4v) is 3.03. The van der Waals surface area contributed by atoms with E-state index >= 15 is 0 Å². The van der Waals surface area contributed by atoms with E-state index in [0.717, 1.165) is 11.1 Å². The van der Waals surface area contributed by atoms with Crippen LogP contribution in [0.2, 0.25) is 0 Å². The Hall–Kier alpha value is -0.454. The summed E-state index contributed by atoms with van der Waals surface area (Å²) in [5, 5.41) is 0. The molecule has 136 valence electrons. The quantitative estimate of drug-likeness (QED) is 0.519. The summed E-state index contributed by atoms with van der Waals surface area (Å²) in [4.78, 5) is 0. The van der Waals surface area contributed by atoms with Crippen LogP contribution >= 0.6 is 0 Å². The molecule has 0 saturated carbocycles. The van der Waals surface area contributed by atoms with E-state index in [-0.39, 0.29) is 35.9 Å². The van der Waals surface area contributed by atoms with Crippen molar-refractivity contribution >= 4 is 43.3 Å². The van der Waals surface area contributed by atoms with Crippen molar-refractivity contribution in [2.75, 3.05) is 0 Å². The Morgan fingerprint density at radius 3 is 1.24 bits per heavy atom. The Morgan fingerprint density at radius 2 is 1.08 bits per heavy atom. The third kappa shape index (κ3) is 6.33. The monoisotopic (exact) mass is 398 g/mol. The molecule has 0 saturated heterocycles. The molecule has 0 N–H and O–H groups in total. The van der Waals surface area contributed by atoms with Gasteiger partial charge in [-0.25, -0.2) is 16.8 Å². The molecule has 0 aromatic rings. The van der Waals surface area contributed by atoms with Crippen LogP contribution in [0.4, 0.5) is 0 Å². The predicted octanol–water partition coefficient (Wildman–Crippen LogP) is 2.01. The number of hydrogen-bond acceptors (Lipinski definition) is 6. The van der Waals surface area contributed by atoms with Gasteiger partial charge in [-0.1, -0.05) is 47.6 Å². The van der Waals surface area contributed by atoms with Gasteiger partial charge < -0.3 is 9.11 Å². The first-order chi connectivity index (χ1) is 10.7. The van der Waals surface area contributed by atoms with Crippen LogP contribution in [-0.4, -0.2) is 58.5 Å². The Morgan fingerprint density at radius 1 is 0.800 bits per heavy atom. The second-order valence-corrected chi connectivity index (χ2v) is 10.2. The predicted molar refractivity (Wildman–Crippen MR) is 97.0 cm³/mol. The summed E-state index contributed by atoms with van der Waals surface area (Å²) in [6.07, 6.45) is 10.3. The van der Waals surface area contributed by atoms with E-state index in [1.165, 1.54) is 26.0 Å². The second-order valence-electron chi connectivity index (χ2n) is 6.50. The zero-order chi connectivity index (χ0) is 18.8. The first kappa shape index (κ1) is 24.5. The normalized spacial score (nSPS) is 28.9. The molecule has 2 unspecified atom stereocenters. The van der Waals surface area contributed by atoms with Gasteiger partial charge in [-0.3, -0.25) is 0 Å². The first-order valence-corrected chi connectivity index (χ1v) is 10.1. The smallest absolute Gasteiger partial charge is 0.747 e. The van der Waals surface area contributed by atoms with Crippen LogP contribution in [0.15, 0.2) is 47.6 Å². The maximum Gasteiger partial charge on any atom is 2.00 e. The largest absolute Gasteiger partial charge is 2.00 e. The van der Waals surface area contributed by atoms with Gasteiger partial charge in [-0.2, -0.15) is 0 Å². The molecule has 0 bridgehead atoms. The van der Waals surface area contributed by atoms with Crippen LogP contribution in [-0.2, 0) is 20.2 Å². The van der Waals surface area contributed by atoms with Crippen molar-refractivity contribution < 1.29 is 25.9 Å². The van der Waals surface area contributed by atoms with Gasteiger partial charge in [-0.05, 0) is 40.5 Å². The minimum Gasteiger partial charge on any atom is -0.747 e. The van der Waals surface area contributed by atoms with Crippen molar-refractivity contribution in [3.8, 4) is 0 Å². The van der Waals surface area contributed by atoms with Crippen molar-refractivity contribution in [3.63, 3.8) is 0 Å². The molecule has 2 atom stereocenters. The SMILES string of the molecule is CC1=CCC(C)(S(=O)(=O)[O-])C=C1.CC1=CCC(C)(S(=O)(=O)[O-])C=C1.[Mg+2]. The van der Waals surface area contributed by atoms with Gasteiger partial charge in [0.15, 0.2) is 0 Å². The van der Waals surface area contributed by atoms with E-state index in [4.69, 9.17) is 0 Å². The maximum absolute atomic E-state index is 10.8. The molecule has 2 rings (SSSR count). The second kappa shape index (κ2) is 8.49. The van der Waals surface area contributed by atoms with E-state index in [1.54, 1.807) is 24.3 Å². The number of hydrogen-bond donors (Lipinski definition) is 0. The Bertz CT molecular complexity index is 751. The van der Waals surface area contributed by atoms with Gasteiger partial charge in [0.2, 0.25) is 0 Å². The van der Waals surface area contributed by atoms with Gasteiger partial charge in [0.05, 0.1) is 9.49 Å². The summed E-state index contributed by atoms with van der Waals surface area (Å²) in [5.41, 5.74) is 1.99. The van der Waals surface area contributed by atoms with Gasteiger partial charge in [0.1, 0.15) is 20.2 Å². The number of rotatable bonds is 2. The van der Waals surface area contributed by atoms with Gasteiger partial charge in [-0.15, -0.1) is 0 Å². The van der Waals surface area contributed by atoms with Crippen molar-refractivity contribution in [1.29, 1.82) is 0 Å². The van der Waals surface area contributed by atoms with Crippen LogP contribution in [0.5, 0.6) is 0 Å². The molecule has 25 heavy (non-hydrogen) atoms. The van der Waals surface area contributed by atoms with E-state index < -0.39 is 29.7 Å². The van der Waals surface area contributed by atoms with Crippen molar-refractivity contribution in [3.05, 3.63) is 47.6 Å². The van der Waals surface area contributed by atoms with E-state index in [9.17, 15) is 25.9 Å². The summed E-state index contributed by atoms with van der Waals surface area (Å²) < 4.78 is 62.2. The molecule has 0 aromatic heterocycles. The third-order valence-corrected chi connectivity index (χ3v) is 7.09. The van der Waals surface area contributed by atoms with Crippen LogP contribution < -0.4 is 0 Å². The van der Waals surface area contributed by atoms with E-state index in [0.29, 0.717) is 0 Å². The summed E-state index contributed by atoms with van der Waals surface area (Å²) in [6, 6.07) is 0. The van der Waals surface area contributed by atoms with Gasteiger partial charge in [0, 0.05) is 0 Å². The molecular weight excluding hydrogens is 377 g/mol. The topological polar surface area (TPSA) is 114 Å². The van der Waals surface area contributed by atoms with Crippen molar-refractivity contribution in [1.82, 2.24) is 0 Å². The Kier molecular flexibility index (Phi) is 8.34. The Labute approximate surface area is 166 Å². The zero-order valence-corrected chi connectivity index (χ0v) is 17.9. The standard InChI is InChI=1S/2C8H12O3S.Mg/c2*1-7-3-5-8(2,6-4-7)12(9,10)11;/h2*3-5H,6H2,1-2H3,(H,9,10,11);/q;;+2/p-2. The molecule has 9 heteroatoms. The van der Waals surface area contributed by atoms with Gasteiger partial charge in [0.25, 0.3) is 0 Å². The fourth-order valence-electron chi connectivity index (χ4n) is 1.99. The fraction of sp³-hybridized carbons (Fsp3) is 0.500. The Balaban J connectivity index is 0.000000443. The van der Waals surface area contributed by atoms with Crippen LogP contribution in [0.3, 0.4) is 0 Å². The molecule has 0 fully saturated rings. The summed E-state index contributed by atoms with van der Waals surface area (Å²) in [6.45, 7) is 6.62. The molecule has 0 radical (unpaired) electrons. The molecule has 6 nitrogen and oxygen atoms in total. The van der Waals surface area contributed by atoms with Crippen LogP contribution in [0, 0.1) is 0 Å². The van der Waals surface area contributed by atoms with Crippen molar-refractivity contribution in [2.24, 2.45) is 0 Å². The number of allylic oxidation sites excluding steroid dienone is 6. The average Bonchev–Trinajstić information content (AvgIpc) is 2.44. The molecule has 0 aromatic carbocycles. The third-order valence-electron chi connectivity index (χ3n) is 4.20. The molecule has 2 aliphatic rings. The minimum atomic E-state index is -4.23. The van der Waals surface area contributed by atoms with Gasteiger partial charge >= 0.3 is 23.1 Å². The molecule has 0 amide bonds. The molecule has 0 heterocycles. The summed E-state index contributed by atoms with van der Waals surface area (Å²) >= 11 is 0. The van der Waals surface area contributed by atoms with Crippen LogP contribution in [0.25, 0.3) is 0 Å². The van der Waals surface area contributed by atoms with E-state index in [2.05, 4.69) is 0 Å². The summed E-state index contributed by atoms with van der Waals surface area (Å²) in [7, 11) is -8.46. The van der Waals surface area contributed by atoms with Crippen molar-refractivity contribution in [2.45, 2.75) is 50.0 Å². The summed E-state index contributed by atoms with van der Waals surface area (Å²) in [5.74, 6) is 0. The zero-order valence-electron chi connectivity index (χ0n) is 14.9. The maximum atomic E-state index is 10.8. The molecule has 2 aliphatic carbocycles. The van der Waals surface area contributed by atoms with E-state index in [1.807, 2.05) is 13.8 Å². The molecule has 0 spiro atoms. The average molecular weight is 399 g/mol. The molecule has 0 aliphatic heterocycles. The minimum absolute atomic E-state index is 0. The van der Waals surface area contributed by atoms with Crippen LogP contribution in [0.1, 0.15) is 40.5 Å². The molecular formula is C16H22MgO6S2. The first-order valence-electron chi connectivity index (χ1n) is 7.33.